The number of benzene rings is 1. The van der Waals surface area contributed by atoms with Crippen LogP contribution in [0.3, 0.4) is 0 Å². The van der Waals surface area contributed by atoms with Gasteiger partial charge < -0.3 is 9.84 Å². The predicted molar refractivity (Wildman–Crippen MR) is 74.2 cm³/mol. The second-order valence-electron chi connectivity index (χ2n) is 5.51. The molecule has 0 amide bonds. The number of halogens is 3. The van der Waals surface area contributed by atoms with Crippen LogP contribution in [0.4, 0.5) is 13.2 Å². The van der Waals surface area contributed by atoms with Crippen LogP contribution in [0, 0.1) is 0 Å². The van der Waals surface area contributed by atoms with Crippen LogP contribution in [-0.2, 0) is 25.4 Å². The Labute approximate surface area is 126 Å². The van der Waals surface area contributed by atoms with E-state index in [2.05, 4.69) is 5.10 Å². The number of alkyl halides is 3. The first-order chi connectivity index (χ1) is 10.1. The highest BCUT2D eigenvalue weighted by molar-refractivity contribution is 5.30. The van der Waals surface area contributed by atoms with Crippen LogP contribution < -0.4 is 4.74 Å². The van der Waals surface area contributed by atoms with Crippen LogP contribution in [0.25, 0.3) is 0 Å². The van der Waals surface area contributed by atoms with Crippen LogP contribution >= 0.6 is 0 Å². The number of nitrogens with zero attached hydrogens (tertiary/aromatic N) is 2. The molecule has 2 aromatic rings. The molecular weight excluding hydrogens is 297 g/mol. The average molecular weight is 314 g/mol. The molecule has 0 radical (unpaired) electrons. The van der Waals surface area contributed by atoms with Crippen molar-refractivity contribution in [2.75, 3.05) is 0 Å². The fraction of sp³-hybridized carbons (Fsp3) is 0.400. The summed E-state index contributed by atoms with van der Waals surface area (Å²) in [6.45, 7) is 3.06. The Bertz CT molecular complexity index is 640. The molecule has 0 saturated heterocycles. The summed E-state index contributed by atoms with van der Waals surface area (Å²) < 4.78 is 44.9. The lowest BCUT2D eigenvalue weighted by atomic mass is 9.99. The van der Waals surface area contributed by atoms with E-state index in [1.807, 2.05) is 0 Å². The summed E-state index contributed by atoms with van der Waals surface area (Å²) in [4.78, 5) is 0. The zero-order valence-electron chi connectivity index (χ0n) is 12.5. The number of ether oxygens (including phenoxy) is 1. The maximum atomic E-state index is 12.9. The third-order valence-electron chi connectivity index (χ3n) is 3.24. The van der Waals surface area contributed by atoms with Crippen molar-refractivity contribution in [3.63, 3.8) is 0 Å². The molecule has 0 bridgehead atoms. The molecule has 0 saturated carbocycles. The van der Waals surface area contributed by atoms with Crippen molar-refractivity contribution >= 4 is 0 Å². The van der Waals surface area contributed by atoms with Crippen LogP contribution in [0.1, 0.15) is 30.7 Å². The van der Waals surface area contributed by atoms with Crippen LogP contribution in [0.15, 0.2) is 30.5 Å². The third-order valence-corrected chi connectivity index (χ3v) is 3.24. The lowest BCUT2D eigenvalue weighted by Gasteiger charge is -2.18. The smallest absolute Gasteiger partial charge is 0.433 e. The molecule has 0 spiro atoms. The lowest BCUT2D eigenvalue weighted by Crippen LogP contribution is -2.15. The van der Waals surface area contributed by atoms with Gasteiger partial charge in [0, 0.05) is 12.6 Å². The van der Waals surface area contributed by atoms with Gasteiger partial charge in [-0.1, -0.05) is 12.1 Å². The van der Waals surface area contributed by atoms with Gasteiger partial charge in [0.1, 0.15) is 18.1 Å². The largest absolute Gasteiger partial charge is 0.489 e. The van der Waals surface area contributed by atoms with Crippen molar-refractivity contribution in [2.24, 2.45) is 7.05 Å². The number of aryl methyl sites for hydroxylation is 1. The topological polar surface area (TPSA) is 47.3 Å². The summed E-state index contributed by atoms with van der Waals surface area (Å²) in [5, 5.41) is 13.5. The molecule has 1 aromatic heterocycles. The Morgan fingerprint density at radius 3 is 2.27 bits per heavy atom. The number of hydrogen-bond donors (Lipinski definition) is 1. The van der Waals surface area contributed by atoms with E-state index in [0.29, 0.717) is 11.3 Å². The van der Waals surface area contributed by atoms with Gasteiger partial charge in [-0.3, -0.25) is 4.68 Å². The fourth-order valence-corrected chi connectivity index (χ4v) is 2.07. The minimum Gasteiger partial charge on any atom is -0.489 e. The summed E-state index contributed by atoms with van der Waals surface area (Å²) in [5.74, 6) is 0.421. The minimum absolute atomic E-state index is 0.0263. The molecule has 0 aliphatic heterocycles. The van der Waals surface area contributed by atoms with Crippen molar-refractivity contribution in [3.05, 3.63) is 47.3 Å². The molecule has 0 unspecified atom stereocenters. The van der Waals surface area contributed by atoms with Gasteiger partial charge in [-0.2, -0.15) is 18.3 Å². The summed E-state index contributed by atoms with van der Waals surface area (Å²) in [5.41, 5.74) is -1.13. The Hall–Kier alpha value is -2.02. The highest BCUT2D eigenvalue weighted by Gasteiger charge is 2.37. The molecule has 2 rings (SSSR count). The van der Waals surface area contributed by atoms with Crippen LogP contribution in [0.2, 0.25) is 0 Å². The first-order valence-corrected chi connectivity index (χ1v) is 6.63. The SMILES string of the molecule is Cn1ncc(COc2ccc(C(C)(C)O)cc2)c1C(F)(F)F. The second-order valence-corrected chi connectivity index (χ2v) is 5.51. The van der Waals surface area contributed by atoms with E-state index >= 15 is 0 Å². The Kier molecular flexibility index (Phi) is 4.19. The molecule has 0 atom stereocenters. The number of hydrogen-bond acceptors (Lipinski definition) is 3. The number of rotatable bonds is 4. The Morgan fingerprint density at radius 1 is 1.18 bits per heavy atom. The highest BCUT2D eigenvalue weighted by atomic mass is 19.4. The predicted octanol–water partition coefficient (Wildman–Crippen LogP) is 3.25. The average Bonchev–Trinajstić information content (AvgIpc) is 2.77. The maximum absolute atomic E-state index is 12.9. The molecule has 1 heterocycles. The zero-order valence-corrected chi connectivity index (χ0v) is 12.5. The summed E-state index contributed by atoms with van der Waals surface area (Å²) in [6, 6.07) is 6.56. The van der Waals surface area contributed by atoms with Gasteiger partial charge in [0.25, 0.3) is 0 Å². The van der Waals surface area contributed by atoms with E-state index in [4.69, 9.17) is 4.74 Å². The monoisotopic (exact) mass is 314 g/mol. The van der Waals surface area contributed by atoms with Crippen LogP contribution in [0.5, 0.6) is 5.75 Å². The van der Waals surface area contributed by atoms with Crippen molar-refractivity contribution in [2.45, 2.75) is 32.2 Å². The van der Waals surface area contributed by atoms with Gasteiger partial charge in [-0.05, 0) is 31.5 Å². The Balaban J connectivity index is 2.11. The van der Waals surface area contributed by atoms with Gasteiger partial charge in [0.15, 0.2) is 0 Å². The van der Waals surface area contributed by atoms with Gasteiger partial charge in [0.2, 0.25) is 0 Å². The molecular formula is C15H17F3N2O2. The molecule has 1 N–H and O–H groups in total. The van der Waals surface area contributed by atoms with E-state index in [9.17, 15) is 18.3 Å². The zero-order chi connectivity index (χ0) is 16.5. The van der Waals surface area contributed by atoms with Gasteiger partial charge in [-0.25, -0.2) is 0 Å². The van der Waals surface area contributed by atoms with E-state index in [1.54, 1.807) is 38.1 Å². The fourth-order valence-electron chi connectivity index (χ4n) is 2.07. The number of aliphatic hydroxyl groups is 1. The standard InChI is InChI=1S/C15H17F3N2O2/c1-14(2,21)11-4-6-12(7-5-11)22-9-10-8-19-20(3)13(10)15(16,17)18/h4-8,21H,9H2,1-3H3. The van der Waals surface area contributed by atoms with Crippen LogP contribution in [-0.4, -0.2) is 14.9 Å². The number of aromatic nitrogens is 2. The minimum atomic E-state index is -4.48. The van der Waals surface area contributed by atoms with E-state index in [-0.39, 0.29) is 12.2 Å². The maximum Gasteiger partial charge on any atom is 0.433 e. The third kappa shape index (κ3) is 3.59. The van der Waals surface area contributed by atoms with Crippen molar-refractivity contribution < 1.29 is 23.0 Å². The highest BCUT2D eigenvalue weighted by Crippen LogP contribution is 2.32. The summed E-state index contributed by atoms with van der Waals surface area (Å²) >= 11 is 0. The molecule has 1 aromatic carbocycles. The molecule has 7 heteroatoms. The van der Waals surface area contributed by atoms with E-state index < -0.39 is 17.5 Å². The molecule has 4 nitrogen and oxygen atoms in total. The lowest BCUT2D eigenvalue weighted by molar-refractivity contribution is -0.144. The summed E-state index contributed by atoms with van der Waals surface area (Å²) in [6.07, 6.45) is -3.33. The molecule has 120 valence electrons. The summed E-state index contributed by atoms with van der Waals surface area (Å²) in [7, 11) is 1.24. The molecule has 0 aliphatic rings. The quantitative estimate of drug-likeness (QED) is 0.942. The van der Waals surface area contributed by atoms with E-state index in [1.165, 1.54) is 7.05 Å². The second kappa shape index (κ2) is 5.64. The molecule has 22 heavy (non-hydrogen) atoms. The normalized spacial score (nSPS) is 12.5. The molecule has 0 aliphatic carbocycles. The van der Waals surface area contributed by atoms with Crippen molar-refractivity contribution in [1.82, 2.24) is 9.78 Å². The molecule has 0 fully saturated rings. The van der Waals surface area contributed by atoms with Crippen molar-refractivity contribution in [1.29, 1.82) is 0 Å². The first-order valence-electron chi connectivity index (χ1n) is 6.63. The Morgan fingerprint density at radius 2 is 1.77 bits per heavy atom. The van der Waals surface area contributed by atoms with E-state index in [0.717, 1.165) is 10.9 Å². The first kappa shape index (κ1) is 16.4. The van der Waals surface area contributed by atoms with Gasteiger partial charge in [-0.15, -0.1) is 0 Å². The van der Waals surface area contributed by atoms with Crippen molar-refractivity contribution in [3.8, 4) is 5.75 Å². The van der Waals surface area contributed by atoms with Gasteiger partial charge >= 0.3 is 6.18 Å². The van der Waals surface area contributed by atoms with Gasteiger partial charge in [0.05, 0.1) is 11.8 Å².